The number of nitrogens with zero attached hydrogens (tertiary/aromatic N) is 1. The van der Waals surface area contributed by atoms with Gasteiger partial charge in [0.25, 0.3) is 0 Å². The van der Waals surface area contributed by atoms with Crippen molar-refractivity contribution in [2.75, 3.05) is 0 Å². The van der Waals surface area contributed by atoms with Gasteiger partial charge in [0.05, 0.1) is 10.7 Å². The van der Waals surface area contributed by atoms with Gasteiger partial charge in [0.1, 0.15) is 0 Å². The van der Waals surface area contributed by atoms with Gasteiger partial charge in [-0.05, 0) is 12.8 Å². The molecule has 3 heteroatoms. The molecule has 2 N–H and O–H groups in total. The van der Waals surface area contributed by atoms with E-state index >= 15 is 0 Å². The predicted octanol–water partition coefficient (Wildman–Crippen LogP) is 2.86. The van der Waals surface area contributed by atoms with Crippen LogP contribution in [0.15, 0.2) is 5.38 Å². The Morgan fingerprint density at radius 2 is 2.29 bits per heavy atom. The van der Waals surface area contributed by atoms with Crippen molar-refractivity contribution in [3.63, 3.8) is 0 Å². The molecule has 0 amide bonds. The third-order valence-corrected chi connectivity index (χ3v) is 4.15. The van der Waals surface area contributed by atoms with Crippen LogP contribution in [0.4, 0.5) is 0 Å². The second-order valence-electron chi connectivity index (χ2n) is 4.47. The second kappa shape index (κ2) is 3.99. The van der Waals surface area contributed by atoms with E-state index in [0.29, 0.717) is 17.9 Å². The van der Waals surface area contributed by atoms with Crippen molar-refractivity contribution in [1.29, 1.82) is 0 Å². The molecule has 1 saturated carbocycles. The third-order valence-electron chi connectivity index (χ3n) is 2.98. The van der Waals surface area contributed by atoms with Crippen LogP contribution in [0.1, 0.15) is 55.6 Å². The highest BCUT2D eigenvalue weighted by molar-refractivity contribution is 7.09. The Hall–Kier alpha value is -0.410. The maximum absolute atomic E-state index is 6.06. The first-order valence-electron chi connectivity index (χ1n) is 5.39. The monoisotopic (exact) mass is 210 g/mol. The molecule has 2 rings (SSSR count). The Labute approximate surface area is 89.5 Å². The van der Waals surface area contributed by atoms with Crippen LogP contribution in [-0.4, -0.2) is 11.0 Å². The van der Waals surface area contributed by atoms with E-state index in [9.17, 15) is 0 Å². The van der Waals surface area contributed by atoms with Crippen LogP contribution in [0, 0.1) is 0 Å². The molecule has 0 saturated heterocycles. The molecule has 78 valence electrons. The summed E-state index contributed by atoms with van der Waals surface area (Å²) in [5.74, 6) is 1.07. The molecule has 0 bridgehead atoms. The van der Waals surface area contributed by atoms with Crippen molar-refractivity contribution < 1.29 is 0 Å². The zero-order chi connectivity index (χ0) is 10.1. The number of hydrogen-bond acceptors (Lipinski definition) is 3. The van der Waals surface area contributed by atoms with E-state index in [1.807, 2.05) is 0 Å². The number of thiazole rings is 1. The van der Waals surface area contributed by atoms with E-state index in [4.69, 9.17) is 5.73 Å². The summed E-state index contributed by atoms with van der Waals surface area (Å²) in [5, 5.41) is 3.45. The number of aromatic nitrogens is 1. The molecule has 2 nitrogen and oxygen atoms in total. The van der Waals surface area contributed by atoms with E-state index in [2.05, 4.69) is 24.2 Å². The van der Waals surface area contributed by atoms with Crippen LogP contribution in [0.3, 0.4) is 0 Å². The molecule has 14 heavy (non-hydrogen) atoms. The minimum atomic E-state index is 0.345. The van der Waals surface area contributed by atoms with E-state index in [1.165, 1.54) is 30.0 Å². The Balaban J connectivity index is 2.16. The molecule has 2 unspecified atom stereocenters. The van der Waals surface area contributed by atoms with Gasteiger partial charge in [-0.3, -0.25) is 0 Å². The van der Waals surface area contributed by atoms with Crippen molar-refractivity contribution in [3.8, 4) is 0 Å². The molecular weight excluding hydrogens is 192 g/mol. The summed E-state index contributed by atoms with van der Waals surface area (Å²) >= 11 is 1.78. The summed E-state index contributed by atoms with van der Waals surface area (Å²) < 4.78 is 0. The standard InChI is InChI=1S/C11H18N2S/c1-7(2)11-13-10(6-14-11)8-4-3-5-9(8)12/h6-9H,3-5,12H2,1-2H3. The van der Waals surface area contributed by atoms with Crippen molar-refractivity contribution >= 4 is 11.3 Å². The van der Waals surface area contributed by atoms with Crippen molar-refractivity contribution in [2.24, 2.45) is 5.73 Å². The fourth-order valence-corrected chi connectivity index (χ4v) is 2.99. The summed E-state index contributed by atoms with van der Waals surface area (Å²) in [6.07, 6.45) is 3.65. The van der Waals surface area contributed by atoms with Gasteiger partial charge in [0.15, 0.2) is 0 Å². The van der Waals surface area contributed by atoms with Crippen LogP contribution < -0.4 is 5.73 Å². The van der Waals surface area contributed by atoms with E-state index in [1.54, 1.807) is 11.3 Å². The van der Waals surface area contributed by atoms with Crippen LogP contribution in [-0.2, 0) is 0 Å². The molecular formula is C11H18N2S. The smallest absolute Gasteiger partial charge is 0.0953 e. The van der Waals surface area contributed by atoms with Gasteiger partial charge in [-0.25, -0.2) is 4.98 Å². The molecule has 0 radical (unpaired) electrons. The maximum atomic E-state index is 6.06. The SMILES string of the molecule is CC(C)c1nc(C2CCCC2N)cs1. The highest BCUT2D eigenvalue weighted by atomic mass is 32.1. The van der Waals surface area contributed by atoms with Gasteiger partial charge in [-0.2, -0.15) is 0 Å². The van der Waals surface area contributed by atoms with Crippen molar-refractivity contribution in [3.05, 3.63) is 16.1 Å². The first-order chi connectivity index (χ1) is 6.68. The zero-order valence-corrected chi connectivity index (χ0v) is 9.68. The van der Waals surface area contributed by atoms with Crippen LogP contribution in [0.5, 0.6) is 0 Å². The predicted molar refractivity (Wildman–Crippen MR) is 60.8 cm³/mol. The fraction of sp³-hybridized carbons (Fsp3) is 0.727. The normalized spacial score (nSPS) is 27.4. The molecule has 1 aromatic rings. The molecule has 1 aliphatic carbocycles. The molecule has 1 aliphatic rings. The zero-order valence-electron chi connectivity index (χ0n) is 8.86. The number of nitrogens with two attached hydrogens (primary N) is 1. The van der Waals surface area contributed by atoms with Gasteiger partial charge < -0.3 is 5.73 Å². The highest BCUT2D eigenvalue weighted by Crippen LogP contribution is 2.34. The first-order valence-corrected chi connectivity index (χ1v) is 6.27. The largest absolute Gasteiger partial charge is 0.327 e. The topological polar surface area (TPSA) is 38.9 Å². The summed E-state index contributed by atoms with van der Waals surface area (Å²) in [4.78, 5) is 4.68. The average molecular weight is 210 g/mol. The minimum Gasteiger partial charge on any atom is -0.327 e. The van der Waals surface area contributed by atoms with Gasteiger partial charge >= 0.3 is 0 Å². The van der Waals surface area contributed by atoms with Crippen LogP contribution in [0.2, 0.25) is 0 Å². The Morgan fingerprint density at radius 1 is 1.50 bits per heavy atom. The molecule has 1 heterocycles. The molecule has 1 fully saturated rings. The molecule has 0 aliphatic heterocycles. The van der Waals surface area contributed by atoms with Crippen LogP contribution >= 0.6 is 11.3 Å². The lowest BCUT2D eigenvalue weighted by molar-refractivity contribution is 0.598. The van der Waals surface area contributed by atoms with Gasteiger partial charge in [0, 0.05) is 23.3 Å². The van der Waals surface area contributed by atoms with Gasteiger partial charge in [-0.15, -0.1) is 11.3 Å². The van der Waals surface area contributed by atoms with E-state index < -0.39 is 0 Å². The van der Waals surface area contributed by atoms with Gasteiger partial charge in [0.2, 0.25) is 0 Å². The Kier molecular flexibility index (Phi) is 2.88. The second-order valence-corrected chi connectivity index (χ2v) is 5.36. The van der Waals surface area contributed by atoms with Crippen LogP contribution in [0.25, 0.3) is 0 Å². The summed E-state index contributed by atoms with van der Waals surface area (Å²) in [6.45, 7) is 4.38. The molecule has 2 atom stereocenters. The third kappa shape index (κ3) is 1.84. The number of rotatable bonds is 2. The minimum absolute atomic E-state index is 0.345. The molecule has 1 aromatic heterocycles. The van der Waals surface area contributed by atoms with Gasteiger partial charge in [-0.1, -0.05) is 20.3 Å². The van der Waals surface area contributed by atoms with E-state index in [0.717, 1.165) is 0 Å². The summed E-state index contributed by atoms with van der Waals surface area (Å²) in [7, 11) is 0. The quantitative estimate of drug-likeness (QED) is 0.815. The summed E-state index contributed by atoms with van der Waals surface area (Å²) in [5.41, 5.74) is 7.30. The number of hydrogen-bond donors (Lipinski definition) is 1. The van der Waals surface area contributed by atoms with E-state index in [-0.39, 0.29) is 0 Å². The maximum Gasteiger partial charge on any atom is 0.0953 e. The summed E-state index contributed by atoms with van der Waals surface area (Å²) in [6, 6.07) is 0.345. The molecule has 0 spiro atoms. The van der Waals surface area contributed by atoms with Crippen molar-refractivity contribution in [2.45, 2.75) is 51.0 Å². The fourth-order valence-electron chi connectivity index (χ4n) is 2.09. The lowest BCUT2D eigenvalue weighted by Crippen LogP contribution is -2.22. The lowest BCUT2D eigenvalue weighted by atomic mass is 10.0. The molecule has 0 aromatic carbocycles. The highest BCUT2D eigenvalue weighted by Gasteiger charge is 2.27. The Bertz CT molecular complexity index is 306. The first kappa shape index (κ1) is 10.1. The van der Waals surface area contributed by atoms with Crippen molar-refractivity contribution in [1.82, 2.24) is 4.98 Å². The average Bonchev–Trinajstić information content (AvgIpc) is 2.71. The Morgan fingerprint density at radius 3 is 2.79 bits per heavy atom. The lowest BCUT2D eigenvalue weighted by Gasteiger charge is -2.11.